The summed E-state index contributed by atoms with van der Waals surface area (Å²) < 4.78 is 18.7. The first-order valence-corrected chi connectivity index (χ1v) is 3.93. The molecular formula is C8H13FN2O2. The topological polar surface area (TPSA) is 47.3 Å². The predicted molar refractivity (Wildman–Crippen MR) is 45.4 cm³/mol. The molecule has 1 aromatic rings. The highest BCUT2D eigenvalue weighted by Crippen LogP contribution is 2.27. The van der Waals surface area contributed by atoms with Gasteiger partial charge in [-0.05, 0) is 6.92 Å². The van der Waals surface area contributed by atoms with Gasteiger partial charge >= 0.3 is 0 Å². The monoisotopic (exact) mass is 188 g/mol. The highest BCUT2D eigenvalue weighted by atomic mass is 19.1. The molecule has 1 atom stereocenters. The van der Waals surface area contributed by atoms with Gasteiger partial charge in [0.15, 0.2) is 0 Å². The lowest BCUT2D eigenvalue weighted by atomic mass is 10.1. The maximum atomic E-state index is 12.2. The second-order valence-corrected chi connectivity index (χ2v) is 2.80. The fourth-order valence-electron chi connectivity index (χ4n) is 1.36. The van der Waals surface area contributed by atoms with Gasteiger partial charge in [-0.15, -0.1) is 0 Å². The zero-order valence-electron chi connectivity index (χ0n) is 7.91. The maximum Gasteiger partial charge on any atom is 0.217 e. The first-order chi connectivity index (χ1) is 6.11. The van der Waals surface area contributed by atoms with Gasteiger partial charge < -0.3 is 9.84 Å². The van der Waals surface area contributed by atoms with E-state index in [4.69, 9.17) is 4.74 Å². The van der Waals surface area contributed by atoms with Gasteiger partial charge in [0, 0.05) is 7.05 Å². The van der Waals surface area contributed by atoms with E-state index in [1.165, 1.54) is 11.8 Å². The first-order valence-electron chi connectivity index (χ1n) is 3.93. The molecule has 1 aromatic heterocycles. The lowest BCUT2D eigenvalue weighted by molar-refractivity contribution is 0.137. The molecule has 0 aliphatic carbocycles. The van der Waals surface area contributed by atoms with Gasteiger partial charge in [-0.25, -0.2) is 9.07 Å². The molecule has 0 saturated heterocycles. The van der Waals surface area contributed by atoms with E-state index >= 15 is 0 Å². The van der Waals surface area contributed by atoms with E-state index in [2.05, 4.69) is 5.10 Å². The molecule has 0 saturated carbocycles. The SMILES string of the molecule is COc1c(C(O)CF)c(C)nn1C. The molecule has 1 heterocycles. The van der Waals surface area contributed by atoms with Gasteiger partial charge in [-0.1, -0.05) is 0 Å². The Hall–Kier alpha value is -1.10. The molecule has 13 heavy (non-hydrogen) atoms. The van der Waals surface area contributed by atoms with E-state index in [1.807, 2.05) is 0 Å². The van der Waals surface area contributed by atoms with Crippen LogP contribution in [0.5, 0.6) is 5.88 Å². The summed E-state index contributed by atoms with van der Waals surface area (Å²) in [4.78, 5) is 0. The highest BCUT2D eigenvalue weighted by Gasteiger charge is 2.20. The summed E-state index contributed by atoms with van der Waals surface area (Å²) in [5, 5.41) is 13.3. The average molecular weight is 188 g/mol. The number of aliphatic hydroxyl groups is 1. The van der Waals surface area contributed by atoms with Crippen LogP contribution in [0.3, 0.4) is 0 Å². The Labute approximate surface area is 75.9 Å². The van der Waals surface area contributed by atoms with Crippen molar-refractivity contribution >= 4 is 0 Å². The minimum absolute atomic E-state index is 0.405. The number of hydrogen-bond donors (Lipinski definition) is 1. The largest absolute Gasteiger partial charge is 0.481 e. The fraction of sp³-hybridized carbons (Fsp3) is 0.625. The van der Waals surface area contributed by atoms with Crippen molar-refractivity contribution in [2.24, 2.45) is 7.05 Å². The van der Waals surface area contributed by atoms with Crippen molar-refractivity contribution < 1.29 is 14.2 Å². The van der Waals surface area contributed by atoms with E-state index in [0.29, 0.717) is 17.1 Å². The molecule has 74 valence electrons. The summed E-state index contributed by atoms with van der Waals surface area (Å²) in [5.74, 6) is 0.405. The number of aryl methyl sites for hydroxylation is 2. The van der Waals surface area contributed by atoms with Crippen molar-refractivity contribution in [2.45, 2.75) is 13.0 Å². The Morgan fingerprint density at radius 3 is 2.77 bits per heavy atom. The summed E-state index contributed by atoms with van der Waals surface area (Å²) in [7, 11) is 3.14. The molecule has 0 aliphatic rings. The minimum Gasteiger partial charge on any atom is -0.481 e. The average Bonchev–Trinajstić information content (AvgIpc) is 2.39. The van der Waals surface area contributed by atoms with Crippen molar-refractivity contribution in [1.82, 2.24) is 9.78 Å². The Balaban J connectivity index is 3.16. The summed E-state index contributed by atoms with van der Waals surface area (Å²) >= 11 is 0. The van der Waals surface area contributed by atoms with Crippen LogP contribution in [0, 0.1) is 6.92 Å². The Bertz CT molecular complexity index is 299. The Kier molecular flexibility index (Phi) is 2.87. The smallest absolute Gasteiger partial charge is 0.217 e. The van der Waals surface area contributed by atoms with E-state index in [-0.39, 0.29) is 0 Å². The van der Waals surface area contributed by atoms with Crippen molar-refractivity contribution in [3.63, 3.8) is 0 Å². The van der Waals surface area contributed by atoms with E-state index in [1.54, 1.807) is 14.0 Å². The molecule has 0 aromatic carbocycles. The second kappa shape index (κ2) is 3.74. The third kappa shape index (κ3) is 1.65. The number of rotatable bonds is 3. The van der Waals surface area contributed by atoms with Crippen molar-refractivity contribution in [3.05, 3.63) is 11.3 Å². The van der Waals surface area contributed by atoms with Gasteiger partial charge in [0.1, 0.15) is 12.8 Å². The van der Waals surface area contributed by atoms with E-state index < -0.39 is 12.8 Å². The lowest BCUT2D eigenvalue weighted by Crippen LogP contribution is -2.03. The number of nitrogens with zero attached hydrogens (tertiary/aromatic N) is 2. The minimum atomic E-state index is -1.15. The molecule has 4 nitrogen and oxygen atoms in total. The summed E-state index contributed by atoms with van der Waals surface area (Å²) in [5.41, 5.74) is 1.01. The molecule has 1 unspecified atom stereocenters. The molecule has 1 rings (SSSR count). The van der Waals surface area contributed by atoms with Gasteiger partial charge in [-0.3, -0.25) is 0 Å². The van der Waals surface area contributed by atoms with Crippen LogP contribution >= 0.6 is 0 Å². The van der Waals surface area contributed by atoms with Gasteiger partial charge in [0.05, 0.1) is 18.4 Å². The van der Waals surface area contributed by atoms with Crippen LogP contribution in [0.4, 0.5) is 4.39 Å². The third-order valence-corrected chi connectivity index (χ3v) is 1.89. The summed E-state index contributed by atoms with van der Waals surface area (Å²) in [6, 6.07) is 0. The van der Waals surface area contributed by atoms with Crippen molar-refractivity contribution in [1.29, 1.82) is 0 Å². The first kappa shape index (κ1) is 9.98. The number of aliphatic hydroxyl groups excluding tert-OH is 1. The van der Waals surface area contributed by atoms with Crippen molar-refractivity contribution in [2.75, 3.05) is 13.8 Å². The van der Waals surface area contributed by atoms with Gasteiger partial charge in [0.25, 0.3) is 0 Å². The number of halogens is 1. The fourth-order valence-corrected chi connectivity index (χ4v) is 1.36. The number of hydrogen-bond acceptors (Lipinski definition) is 3. The van der Waals surface area contributed by atoms with Gasteiger partial charge in [0.2, 0.25) is 5.88 Å². The van der Waals surface area contributed by atoms with E-state index in [0.717, 1.165) is 0 Å². The molecule has 0 amide bonds. The van der Waals surface area contributed by atoms with Crippen LogP contribution in [0.1, 0.15) is 17.4 Å². The molecule has 0 radical (unpaired) electrons. The molecule has 0 fully saturated rings. The van der Waals surface area contributed by atoms with E-state index in [9.17, 15) is 9.50 Å². The zero-order valence-corrected chi connectivity index (χ0v) is 7.91. The molecule has 0 spiro atoms. The lowest BCUT2D eigenvalue weighted by Gasteiger charge is -2.07. The number of methoxy groups -OCH3 is 1. The standard InChI is InChI=1S/C8H13FN2O2/c1-5-7(6(12)4-9)8(13-3)11(2)10-5/h6,12H,4H2,1-3H3. The molecular weight excluding hydrogens is 175 g/mol. The molecule has 1 N–H and O–H groups in total. The zero-order chi connectivity index (χ0) is 10.0. The van der Waals surface area contributed by atoms with Crippen molar-refractivity contribution in [3.8, 4) is 5.88 Å². The Morgan fingerprint density at radius 1 is 1.69 bits per heavy atom. The summed E-state index contributed by atoms with van der Waals surface area (Å²) in [6.07, 6.45) is -1.15. The van der Waals surface area contributed by atoms with Crippen LogP contribution in [-0.2, 0) is 7.05 Å². The third-order valence-electron chi connectivity index (χ3n) is 1.89. The number of alkyl halides is 1. The van der Waals surface area contributed by atoms with Crippen LogP contribution in [-0.4, -0.2) is 28.7 Å². The predicted octanol–water partition coefficient (Wildman–Crippen LogP) is 0.740. The maximum absolute atomic E-state index is 12.2. The Morgan fingerprint density at radius 2 is 2.31 bits per heavy atom. The quantitative estimate of drug-likeness (QED) is 0.761. The van der Waals surface area contributed by atoms with Crippen LogP contribution in [0.25, 0.3) is 0 Å². The summed E-state index contributed by atoms with van der Waals surface area (Å²) in [6.45, 7) is 0.875. The number of ether oxygens (including phenoxy) is 1. The van der Waals surface area contributed by atoms with Gasteiger partial charge in [-0.2, -0.15) is 5.10 Å². The van der Waals surface area contributed by atoms with Crippen LogP contribution < -0.4 is 4.74 Å². The molecule has 5 heteroatoms. The second-order valence-electron chi connectivity index (χ2n) is 2.80. The number of aromatic nitrogens is 2. The molecule has 0 bridgehead atoms. The normalized spacial score (nSPS) is 13.0. The van der Waals surface area contributed by atoms with Crippen LogP contribution in [0.15, 0.2) is 0 Å². The molecule has 0 aliphatic heterocycles. The highest BCUT2D eigenvalue weighted by molar-refractivity contribution is 5.33. The van der Waals surface area contributed by atoms with Crippen LogP contribution in [0.2, 0.25) is 0 Å².